The number of nitrogens with one attached hydrogen (secondary N) is 2. The topological polar surface area (TPSA) is 61.4 Å². The van der Waals surface area contributed by atoms with Gasteiger partial charge in [0.25, 0.3) is 0 Å². The summed E-state index contributed by atoms with van der Waals surface area (Å²) >= 11 is 3.36. The maximum Gasteiger partial charge on any atom is 0.319 e. The lowest BCUT2D eigenvalue weighted by molar-refractivity contribution is 0.0281. The van der Waals surface area contributed by atoms with E-state index in [-0.39, 0.29) is 6.03 Å². The first-order valence-electron chi connectivity index (χ1n) is 7.10. The van der Waals surface area contributed by atoms with Gasteiger partial charge in [0.15, 0.2) is 0 Å². The molecule has 1 aliphatic carbocycles. The zero-order valence-electron chi connectivity index (χ0n) is 11.5. The van der Waals surface area contributed by atoms with E-state index in [9.17, 15) is 9.90 Å². The molecule has 1 aromatic carbocycles. The van der Waals surface area contributed by atoms with Gasteiger partial charge < -0.3 is 15.7 Å². The summed E-state index contributed by atoms with van der Waals surface area (Å²) in [7, 11) is 0. The number of aliphatic hydroxyl groups is 1. The highest BCUT2D eigenvalue weighted by Gasteiger charge is 2.28. The molecule has 1 aliphatic rings. The summed E-state index contributed by atoms with van der Waals surface area (Å²) in [6, 6.07) is 7.14. The van der Waals surface area contributed by atoms with Crippen molar-refractivity contribution in [3.8, 4) is 0 Å². The molecule has 110 valence electrons. The molecule has 1 saturated carbocycles. The molecule has 0 radical (unpaired) electrons. The van der Waals surface area contributed by atoms with Gasteiger partial charge in [-0.25, -0.2) is 4.79 Å². The molecule has 0 spiro atoms. The first-order chi connectivity index (χ1) is 9.57. The average Bonchev–Trinajstić information content (AvgIpc) is 2.62. The number of halogens is 1. The van der Waals surface area contributed by atoms with E-state index in [1.165, 1.54) is 12.8 Å². The van der Waals surface area contributed by atoms with Gasteiger partial charge in [0, 0.05) is 16.7 Å². The highest BCUT2D eigenvalue weighted by molar-refractivity contribution is 9.10. The first-order valence-corrected chi connectivity index (χ1v) is 7.90. The second-order valence-corrected chi connectivity index (χ2v) is 6.37. The molecule has 3 N–H and O–H groups in total. The normalized spacial score (nSPS) is 18.1. The number of benzene rings is 1. The zero-order chi connectivity index (χ0) is 14.4. The molecule has 0 saturated heterocycles. The zero-order valence-corrected chi connectivity index (χ0v) is 13.1. The second kappa shape index (κ2) is 7.09. The SMILES string of the molecule is O=C(NCC1(O)CCCCCC1)Nc1cccc(Br)c1. The third-order valence-corrected chi connectivity index (χ3v) is 4.19. The third kappa shape index (κ3) is 4.80. The fourth-order valence-corrected chi connectivity index (χ4v) is 2.95. The van der Waals surface area contributed by atoms with Crippen molar-refractivity contribution < 1.29 is 9.90 Å². The van der Waals surface area contributed by atoms with Crippen LogP contribution in [0.15, 0.2) is 28.7 Å². The average molecular weight is 341 g/mol. The van der Waals surface area contributed by atoms with Crippen LogP contribution in [-0.2, 0) is 0 Å². The van der Waals surface area contributed by atoms with Crippen LogP contribution < -0.4 is 10.6 Å². The molecule has 1 fully saturated rings. The maximum atomic E-state index is 11.8. The Morgan fingerprint density at radius 2 is 1.95 bits per heavy atom. The van der Waals surface area contributed by atoms with Crippen molar-refractivity contribution in [2.24, 2.45) is 0 Å². The molecule has 2 rings (SSSR count). The van der Waals surface area contributed by atoms with Crippen LogP contribution in [0, 0.1) is 0 Å². The Kier molecular flexibility index (Phi) is 5.43. The molecular formula is C15H21BrN2O2. The molecule has 0 aliphatic heterocycles. The van der Waals surface area contributed by atoms with Crippen LogP contribution >= 0.6 is 15.9 Å². The molecule has 0 bridgehead atoms. The van der Waals surface area contributed by atoms with Gasteiger partial charge in [-0.15, -0.1) is 0 Å². The van der Waals surface area contributed by atoms with E-state index in [2.05, 4.69) is 26.6 Å². The summed E-state index contributed by atoms with van der Waals surface area (Å²) in [6.45, 7) is 0.312. The minimum Gasteiger partial charge on any atom is -0.388 e. The van der Waals surface area contributed by atoms with Gasteiger partial charge >= 0.3 is 6.03 Å². The molecule has 2 amide bonds. The molecule has 0 aromatic heterocycles. The van der Waals surface area contributed by atoms with Crippen LogP contribution in [0.3, 0.4) is 0 Å². The van der Waals surface area contributed by atoms with Crippen molar-refractivity contribution in [2.75, 3.05) is 11.9 Å². The van der Waals surface area contributed by atoms with Gasteiger partial charge in [-0.1, -0.05) is 47.7 Å². The smallest absolute Gasteiger partial charge is 0.319 e. The van der Waals surface area contributed by atoms with Crippen LogP contribution in [0.5, 0.6) is 0 Å². The summed E-state index contributed by atoms with van der Waals surface area (Å²) in [5, 5.41) is 16.0. The number of anilines is 1. The Hall–Kier alpha value is -1.07. The standard InChI is InChI=1S/C15H21BrN2O2/c16-12-6-5-7-13(10-12)18-14(19)17-11-15(20)8-3-1-2-4-9-15/h5-7,10,20H,1-4,8-9,11H2,(H2,17,18,19). The van der Waals surface area contributed by atoms with Gasteiger partial charge in [-0.05, 0) is 31.0 Å². The van der Waals surface area contributed by atoms with Gasteiger partial charge in [-0.3, -0.25) is 0 Å². The van der Waals surface area contributed by atoms with Crippen molar-refractivity contribution in [2.45, 2.75) is 44.1 Å². The lowest BCUT2D eigenvalue weighted by Gasteiger charge is -2.26. The summed E-state index contributed by atoms with van der Waals surface area (Å²) in [6.07, 6.45) is 5.95. The Morgan fingerprint density at radius 3 is 2.60 bits per heavy atom. The molecular weight excluding hydrogens is 320 g/mol. The van der Waals surface area contributed by atoms with Crippen molar-refractivity contribution in [1.29, 1.82) is 0 Å². The second-order valence-electron chi connectivity index (χ2n) is 5.46. The Bertz CT molecular complexity index is 457. The number of amides is 2. The fourth-order valence-electron chi connectivity index (χ4n) is 2.55. The Labute approximate surface area is 128 Å². The third-order valence-electron chi connectivity index (χ3n) is 3.69. The van der Waals surface area contributed by atoms with Crippen LogP contribution in [0.25, 0.3) is 0 Å². The minimum absolute atomic E-state index is 0.277. The number of hydrogen-bond acceptors (Lipinski definition) is 2. The van der Waals surface area contributed by atoms with Crippen molar-refractivity contribution in [3.63, 3.8) is 0 Å². The number of hydrogen-bond donors (Lipinski definition) is 3. The summed E-state index contributed by atoms with van der Waals surface area (Å²) < 4.78 is 0.915. The lowest BCUT2D eigenvalue weighted by atomic mass is 9.95. The van der Waals surface area contributed by atoms with E-state index in [1.54, 1.807) is 0 Å². The monoisotopic (exact) mass is 340 g/mol. The molecule has 20 heavy (non-hydrogen) atoms. The van der Waals surface area contributed by atoms with Crippen molar-refractivity contribution in [1.82, 2.24) is 5.32 Å². The van der Waals surface area contributed by atoms with E-state index >= 15 is 0 Å². The number of rotatable bonds is 3. The van der Waals surface area contributed by atoms with Crippen molar-refractivity contribution >= 4 is 27.6 Å². The Morgan fingerprint density at radius 1 is 1.25 bits per heavy atom. The van der Waals surface area contributed by atoms with E-state index in [1.807, 2.05) is 24.3 Å². The molecule has 1 aromatic rings. The highest BCUT2D eigenvalue weighted by atomic mass is 79.9. The maximum absolute atomic E-state index is 11.8. The van der Waals surface area contributed by atoms with E-state index < -0.39 is 5.60 Å². The summed E-state index contributed by atoms with van der Waals surface area (Å²) in [5.74, 6) is 0. The van der Waals surface area contributed by atoms with Gasteiger partial charge in [0.2, 0.25) is 0 Å². The first kappa shape index (κ1) is 15.3. The molecule has 0 heterocycles. The van der Waals surface area contributed by atoms with Crippen LogP contribution in [0.1, 0.15) is 38.5 Å². The predicted molar refractivity (Wildman–Crippen MR) is 83.8 cm³/mol. The van der Waals surface area contributed by atoms with E-state index in [4.69, 9.17) is 0 Å². The lowest BCUT2D eigenvalue weighted by Crippen LogP contribution is -2.44. The molecule has 0 unspecified atom stereocenters. The van der Waals surface area contributed by atoms with Crippen LogP contribution in [0.4, 0.5) is 10.5 Å². The number of urea groups is 1. The van der Waals surface area contributed by atoms with E-state index in [0.717, 1.165) is 35.8 Å². The van der Waals surface area contributed by atoms with Crippen LogP contribution in [0.2, 0.25) is 0 Å². The number of carbonyl (C=O) groups excluding carboxylic acids is 1. The van der Waals surface area contributed by atoms with Crippen molar-refractivity contribution in [3.05, 3.63) is 28.7 Å². The summed E-state index contributed by atoms with van der Waals surface area (Å²) in [5.41, 5.74) is -0.0183. The largest absolute Gasteiger partial charge is 0.388 e. The van der Waals surface area contributed by atoms with Gasteiger partial charge in [0.05, 0.1) is 5.60 Å². The summed E-state index contributed by atoms with van der Waals surface area (Å²) in [4.78, 5) is 11.8. The number of carbonyl (C=O) groups is 1. The van der Waals surface area contributed by atoms with Gasteiger partial charge in [0.1, 0.15) is 0 Å². The quantitative estimate of drug-likeness (QED) is 0.735. The van der Waals surface area contributed by atoms with E-state index in [0.29, 0.717) is 6.54 Å². The molecule has 4 nitrogen and oxygen atoms in total. The highest BCUT2D eigenvalue weighted by Crippen LogP contribution is 2.26. The predicted octanol–water partition coefficient (Wildman–Crippen LogP) is 3.66. The fraction of sp³-hybridized carbons (Fsp3) is 0.533. The van der Waals surface area contributed by atoms with Crippen LogP contribution in [-0.4, -0.2) is 23.3 Å². The Balaban J connectivity index is 1.82. The molecule has 5 heteroatoms. The minimum atomic E-state index is -0.745. The molecule has 0 atom stereocenters. The van der Waals surface area contributed by atoms with Gasteiger partial charge in [-0.2, -0.15) is 0 Å².